The molecule has 82 valence electrons. The van der Waals surface area contributed by atoms with Gasteiger partial charge in [-0.2, -0.15) is 0 Å². The first-order valence-corrected chi connectivity index (χ1v) is 5.76. The molecule has 1 saturated carbocycles. The molecule has 3 nitrogen and oxygen atoms in total. The van der Waals surface area contributed by atoms with E-state index in [1.807, 2.05) is 29.2 Å². The lowest BCUT2D eigenvalue weighted by Crippen LogP contribution is -2.35. The van der Waals surface area contributed by atoms with Crippen molar-refractivity contribution in [3.05, 3.63) is 34.9 Å². The Morgan fingerprint density at radius 1 is 1.25 bits per heavy atom. The van der Waals surface area contributed by atoms with Crippen molar-refractivity contribution in [2.75, 3.05) is 6.54 Å². The van der Waals surface area contributed by atoms with E-state index in [1.165, 1.54) is 0 Å². The predicted octanol–water partition coefficient (Wildman–Crippen LogP) is 2.09. The summed E-state index contributed by atoms with van der Waals surface area (Å²) in [5, 5.41) is 0.701. The summed E-state index contributed by atoms with van der Waals surface area (Å²) in [6.45, 7) is 0.286. The Balaban J connectivity index is 1.93. The molecule has 1 aliphatic heterocycles. The van der Waals surface area contributed by atoms with Crippen LogP contribution in [0.25, 0.3) is 0 Å². The Kier molecular flexibility index (Phi) is 2.21. The number of halogens is 1. The normalized spacial score (nSPS) is 20.2. The van der Waals surface area contributed by atoms with Crippen LogP contribution in [0.1, 0.15) is 18.4 Å². The number of amides is 1. The summed E-state index contributed by atoms with van der Waals surface area (Å²) >= 11 is 5.84. The summed E-state index contributed by atoms with van der Waals surface area (Å²) in [5.41, 5.74) is 0.974. The highest BCUT2D eigenvalue weighted by Crippen LogP contribution is 2.30. The fraction of sp³-hybridized carbons (Fsp3) is 0.333. The topological polar surface area (TPSA) is 32.7 Å². The lowest BCUT2D eigenvalue weighted by Gasteiger charge is -2.17. The summed E-state index contributed by atoms with van der Waals surface area (Å²) < 4.78 is 0. The molecule has 0 spiro atoms. The van der Waals surface area contributed by atoms with Crippen LogP contribution in [0.4, 0.5) is 0 Å². The molecule has 1 aliphatic carbocycles. The second kappa shape index (κ2) is 3.59. The molecule has 0 unspecified atom stereocenters. The molecule has 1 amide bonds. The zero-order valence-corrected chi connectivity index (χ0v) is 9.44. The highest BCUT2D eigenvalue weighted by Gasteiger charge is 2.38. The first kappa shape index (κ1) is 9.85. The molecule has 0 bridgehead atoms. The fourth-order valence-corrected chi connectivity index (χ4v) is 2.08. The Hall–Kier alpha value is -1.35. The van der Waals surface area contributed by atoms with Crippen molar-refractivity contribution in [2.24, 2.45) is 4.99 Å². The Bertz CT molecular complexity index is 462. The molecule has 1 aromatic carbocycles. The van der Waals surface area contributed by atoms with Crippen LogP contribution in [-0.2, 0) is 4.79 Å². The second-order valence-corrected chi connectivity index (χ2v) is 4.58. The summed E-state index contributed by atoms with van der Waals surface area (Å²) in [7, 11) is 0. The monoisotopic (exact) mass is 234 g/mol. The maximum absolute atomic E-state index is 11.7. The highest BCUT2D eigenvalue weighted by atomic mass is 35.5. The van der Waals surface area contributed by atoms with Gasteiger partial charge >= 0.3 is 0 Å². The Morgan fingerprint density at radius 3 is 2.56 bits per heavy atom. The van der Waals surface area contributed by atoms with E-state index in [-0.39, 0.29) is 12.5 Å². The third-order valence-electron chi connectivity index (χ3n) is 2.88. The molecule has 4 heteroatoms. The number of nitrogens with zero attached hydrogens (tertiary/aromatic N) is 2. The van der Waals surface area contributed by atoms with Gasteiger partial charge in [0.05, 0.1) is 0 Å². The van der Waals surface area contributed by atoms with Gasteiger partial charge in [-0.1, -0.05) is 11.6 Å². The van der Waals surface area contributed by atoms with Crippen molar-refractivity contribution in [3.63, 3.8) is 0 Å². The van der Waals surface area contributed by atoms with Crippen molar-refractivity contribution in [3.8, 4) is 0 Å². The minimum atomic E-state index is 0.118. The van der Waals surface area contributed by atoms with E-state index in [2.05, 4.69) is 4.99 Å². The van der Waals surface area contributed by atoms with E-state index in [9.17, 15) is 4.79 Å². The van der Waals surface area contributed by atoms with Gasteiger partial charge in [-0.3, -0.25) is 14.7 Å². The highest BCUT2D eigenvalue weighted by molar-refractivity contribution is 6.30. The standard InChI is InChI=1S/C12H11ClN2O/c13-9-3-1-8(2-4-9)12-14-7-11(16)15(12)10-5-6-10/h1-4,10H,5-7H2. The average molecular weight is 235 g/mol. The molecule has 0 radical (unpaired) electrons. The SMILES string of the molecule is O=C1CN=C(c2ccc(Cl)cc2)N1C1CC1. The van der Waals surface area contributed by atoms with E-state index in [4.69, 9.17) is 11.6 Å². The van der Waals surface area contributed by atoms with Crippen molar-refractivity contribution in [2.45, 2.75) is 18.9 Å². The van der Waals surface area contributed by atoms with Crippen molar-refractivity contribution in [1.29, 1.82) is 0 Å². The molecule has 0 atom stereocenters. The lowest BCUT2D eigenvalue weighted by atomic mass is 10.2. The van der Waals surface area contributed by atoms with Gasteiger partial charge in [-0.15, -0.1) is 0 Å². The van der Waals surface area contributed by atoms with Gasteiger partial charge in [-0.25, -0.2) is 0 Å². The molecule has 3 rings (SSSR count). The third-order valence-corrected chi connectivity index (χ3v) is 3.13. The fourth-order valence-electron chi connectivity index (χ4n) is 1.95. The third kappa shape index (κ3) is 1.61. The molecule has 1 fully saturated rings. The van der Waals surface area contributed by atoms with Gasteiger partial charge in [0.1, 0.15) is 12.4 Å². The summed E-state index contributed by atoms with van der Waals surface area (Å²) in [4.78, 5) is 17.8. The van der Waals surface area contributed by atoms with Gasteiger partial charge in [0.2, 0.25) is 5.91 Å². The zero-order valence-electron chi connectivity index (χ0n) is 8.69. The Labute approximate surface area is 98.7 Å². The van der Waals surface area contributed by atoms with Gasteiger partial charge in [-0.05, 0) is 37.1 Å². The largest absolute Gasteiger partial charge is 0.292 e. The van der Waals surface area contributed by atoms with Crippen LogP contribution in [-0.4, -0.2) is 29.2 Å². The number of amidine groups is 1. The first-order chi connectivity index (χ1) is 7.75. The molecule has 1 aromatic rings. The summed E-state index contributed by atoms with van der Waals surface area (Å²) in [5.74, 6) is 0.927. The van der Waals surface area contributed by atoms with Crippen molar-refractivity contribution in [1.82, 2.24) is 4.90 Å². The van der Waals surface area contributed by atoms with Gasteiger partial charge < -0.3 is 0 Å². The number of hydrogen-bond acceptors (Lipinski definition) is 2. The number of aliphatic imine (C=N–C) groups is 1. The molecule has 0 N–H and O–H groups in total. The van der Waals surface area contributed by atoms with Crippen LogP contribution in [0.15, 0.2) is 29.3 Å². The van der Waals surface area contributed by atoms with E-state index in [0.717, 1.165) is 24.2 Å². The van der Waals surface area contributed by atoms with E-state index < -0.39 is 0 Å². The minimum Gasteiger partial charge on any atom is -0.292 e. The number of carbonyl (C=O) groups excluding carboxylic acids is 1. The zero-order chi connectivity index (χ0) is 11.1. The van der Waals surface area contributed by atoms with Crippen molar-refractivity contribution < 1.29 is 4.79 Å². The molecule has 2 aliphatic rings. The molecule has 0 aromatic heterocycles. The molecular formula is C12H11ClN2O. The van der Waals surface area contributed by atoms with Gasteiger partial charge in [0.25, 0.3) is 0 Å². The van der Waals surface area contributed by atoms with E-state index >= 15 is 0 Å². The van der Waals surface area contributed by atoms with Crippen LogP contribution in [0, 0.1) is 0 Å². The predicted molar refractivity (Wildman–Crippen MR) is 62.7 cm³/mol. The minimum absolute atomic E-state index is 0.118. The number of carbonyl (C=O) groups is 1. The average Bonchev–Trinajstić information content (AvgIpc) is 3.04. The van der Waals surface area contributed by atoms with Gasteiger partial charge in [0.15, 0.2) is 0 Å². The van der Waals surface area contributed by atoms with E-state index in [1.54, 1.807) is 0 Å². The number of benzene rings is 1. The summed E-state index contributed by atoms with van der Waals surface area (Å²) in [6.07, 6.45) is 2.19. The molecular weight excluding hydrogens is 224 g/mol. The van der Waals surface area contributed by atoms with Crippen LogP contribution < -0.4 is 0 Å². The van der Waals surface area contributed by atoms with Crippen LogP contribution in [0.3, 0.4) is 0 Å². The first-order valence-electron chi connectivity index (χ1n) is 5.38. The second-order valence-electron chi connectivity index (χ2n) is 4.14. The lowest BCUT2D eigenvalue weighted by molar-refractivity contribution is -0.125. The van der Waals surface area contributed by atoms with Crippen LogP contribution >= 0.6 is 11.6 Å². The maximum atomic E-state index is 11.7. The molecule has 0 saturated heterocycles. The Morgan fingerprint density at radius 2 is 1.94 bits per heavy atom. The quantitative estimate of drug-likeness (QED) is 0.771. The number of rotatable bonds is 2. The smallest absolute Gasteiger partial charge is 0.250 e. The van der Waals surface area contributed by atoms with Crippen LogP contribution in [0.5, 0.6) is 0 Å². The summed E-state index contributed by atoms with van der Waals surface area (Å²) in [6, 6.07) is 7.86. The van der Waals surface area contributed by atoms with Gasteiger partial charge in [0, 0.05) is 16.6 Å². The van der Waals surface area contributed by atoms with E-state index in [0.29, 0.717) is 11.1 Å². The van der Waals surface area contributed by atoms with Crippen molar-refractivity contribution >= 4 is 23.3 Å². The molecule has 16 heavy (non-hydrogen) atoms. The number of hydrogen-bond donors (Lipinski definition) is 0. The van der Waals surface area contributed by atoms with Crippen LogP contribution in [0.2, 0.25) is 5.02 Å². The molecule has 1 heterocycles. The maximum Gasteiger partial charge on any atom is 0.250 e.